The van der Waals surface area contributed by atoms with E-state index in [-0.39, 0.29) is 18.1 Å². The fraction of sp³-hybridized carbons (Fsp3) is 0.517. The number of benzene rings is 4. The number of fused-ring (bicyclic) bond motifs is 2. The first-order valence-electron chi connectivity index (χ1n) is 25.0. The third-order valence-corrected chi connectivity index (χ3v) is 66.6. The summed E-state index contributed by atoms with van der Waals surface area (Å²) in [6, 6.07) is 34.5. The first-order chi connectivity index (χ1) is 29.6. The van der Waals surface area contributed by atoms with E-state index >= 15 is 0 Å². The summed E-state index contributed by atoms with van der Waals surface area (Å²) >= 11 is -5.12. The second kappa shape index (κ2) is 18.7. The zero-order valence-corrected chi connectivity index (χ0v) is 44.8. The fourth-order valence-electron chi connectivity index (χ4n) is 12.6. The Balaban J connectivity index is 1.34. The number of rotatable bonds is 11. The Kier molecular flexibility index (Phi) is 14.1. The van der Waals surface area contributed by atoms with Crippen LogP contribution in [0.3, 0.4) is 0 Å². The van der Waals surface area contributed by atoms with Crippen molar-refractivity contribution < 1.29 is 15.6 Å². The Labute approximate surface area is 386 Å². The molecule has 331 valence electrons. The molecule has 3 atom stereocenters. The molecule has 0 aromatic heterocycles. The molecule has 2 saturated carbocycles. The van der Waals surface area contributed by atoms with E-state index < -0.39 is 21.5 Å². The van der Waals surface area contributed by atoms with Crippen molar-refractivity contribution >= 4 is 35.1 Å². The van der Waals surface area contributed by atoms with Gasteiger partial charge in [0.15, 0.2) is 0 Å². The Bertz CT molecular complexity index is 2100. The van der Waals surface area contributed by atoms with Gasteiger partial charge in [-0.25, -0.2) is 0 Å². The van der Waals surface area contributed by atoms with Crippen molar-refractivity contribution in [1.82, 2.24) is 0 Å². The topological polar surface area (TPSA) is 0 Å². The van der Waals surface area contributed by atoms with Gasteiger partial charge in [0.2, 0.25) is 0 Å². The van der Waals surface area contributed by atoms with E-state index in [0.717, 1.165) is 19.3 Å². The molecule has 0 radical (unpaired) electrons. The predicted octanol–water partition coefficient (Wildman–Crippen LogP) is 18.7. The van der Waals surface area contributed by atoms with E-state index in [0.29, 0.717) is 11.8 Å². The fourth-order valence-corrected chi connectivity index (χ4v) is 53.9. The molecule has 62 heavy (non-hydrogen) atoms. The Morgan fingerprint density at radius 1 is 0.532 bits per heavy atom. The van der Waals surface area contributed by atoms with Gasteiger partial charge in [0.25, 0.3) is 0 Å². The summed E-state index contributed by atoms with van der Waals surface area (Å²) in [5, 5.41) is 0. The third kappa shape index (κ3) is 9.23. The summed E-state index contributed by atoms with van der Waals surface area (Å²) in [6.07, 6.45) is 25.0. The van der Waals surface area contributed by atoms with Crippen LogP contribution in [0.5, 0.6) is 0 Å². The number of hydrogen-bond donors (Lipinski definition) is 0. The molecule has 4 aliphatic rings. The molecule has 2 fully saturated rings. The van der Waals surface area contributed by atoms with E-state index in [1.807, 2.05) is 0 Å². The SMILES string of the molecule is CCC[SiH](C)[Zr]([Cl])([Cl])([CH]1C(CC2CCCCCC2)=Cc2c(-c3ccc(C(C)(C)C)cc3)cccc21)[CH]1C(CC2CCCCCC2)=Cc2c(-c3ccc(C(C)(C)C)cc3)cccc21. The molecule has 0 amide bonds. The van der Waals surface area contributed by atoms with Crippen LogP contribution in [0.15, 0.2) is 96.1 Å². The monoisotopic (exact) mass is 961 g/mol. The van der Waals surface area contributed by atoms with Crippen LogP contribution in [-0.2, 0) is 26.4 Å². The van der Waals surface area contributed by atoms with Crippen LogP contribution in [0.4, 0.5) is 0 Å². The number of hydrogen-bond acceptors (Lipinski definition) is 0. The Morgan fingerprint density at radius 2 is 0.903 bits per heavy atom. The molecule has 0 aliphatic heterocycles. The van der Waals surface area contributed by atoms with E-state index in [1.165, 1.54) is 139 Å². The minimum atomic E-state index is -5.12. The molecule has 3 unspecified atom stereocenters. The molecule has 0 heterocycles. The molecule has 0 saturated heterocycles. The molecule has 4 aromatic carbocycles. The van der Waals surface area contributed by atoms with Gasteiger partial charge < -0.3 is 0 Å². The van der Waals surface area contributed by atoms with Gasteiger partial charge in [0.1, 0.15) is 0 Å². The zero-order chi connectivity index (χ0) is 43.9. The summed E-state index contributed by atoms with van der Waals surface area (Å²) in [4.78, 5) is 0. The summed E-state index contributed by atoms with van der Waals surface area (Å²) < 4.78 is 0.256. The molecule has 4 aliphatic carbocycles. The van der Waals surface area contributed by atoms with Crippen LogP contribution in [0.25, 0.3) is 34.4 Å². The standard InChI is InChI=1S/2C27H33.C4H11Si.2ClH.Zr/c2*1-27(2,3)24-15-13-22(14-16-24)25-12-8-11-23-18-21(19-26(23)25)17-20-9-6-4-5-7-10-20;1-3-4-5-2;;;/h2*8,11-16,18-20H,4-7,9-10,17H2,1-3H3;5H,3-4H2,1-2H3;2*1H;/q;;;;;+2/p-2. The molecule has 0 N–H and O–H groups in total. The molecule has 0 bridgehead atoms. The van der Waals surface area contributed by atoms with Crippen molar-refractivity contribution in [2.45, 2.75) is 175 Å². The van der Waals surface area contributed by atoms with Crippen molar-refractivity contribution in [3.05, 3.63) is 129 Å². The van der Waals surface area contributed by atoms with Gasteiger partial charge in [0.05, 0.1) is 0 Å². The van der Waals surface area contributed by atoms with Crippen molar-refractivity contribution in [3.63, 3.8) is 0 Å². The normalized spacial score (nSPS) is 21.5. The van der Waals surface area contributed by atoms with E-state index in [1.54, 1.807) is 11.1 Å². The van der Waals surface area contributed by atoms with Gasteiger partial charge in [-0.2, -0.15) is 0 Å². The average Bonchev–Trinajstić information content (AvgIpc) is 3.55. The second-order valence-corrected chi connectivity index (χ2v) is 63.9. The number of allylic oxidation sites excluding steroid dienone is 2. The van der Waals surface area contributed by atoms with Crippen LogP contribution in [0.1, 0.15) is 185 Å². The van der Waals surface area contributed by atoms with Crippen molar-refractivity contribution in [1.29, 1.82) is 0 Å². The summed E-state index contributed by atoms with van der Waals surface area (Å²) in [5.41, 5.74) is 17.2. The predicted molar refractivity (Wildman–Crippen MR) is 274 cm³/mol. The van der Waals surface area contributed by atoms with Gasteiger partial charge in [-0.1, -0.05) is 0 Å². The Hall–Kier alpha value is -1.96. The Morgan fingerprint density at radius 3 is 1.24 bits per heavy atom. The molecule has 8 rings (SSSR count). The maximum atomic E-state index is 9.38. The van der Waals surface area contributed by atoms with E-state index in [9.17, 15) is 17.0 Å². The minimum absolute atomic E-state index is 0.112. The van der Waals surface area contributed by atoms with Crippen LogP contribution in [0, 0.1) is 11.8 Å². The second-order valence-electron chi connectivity index (χ2n) is 22.6. The van der Waals surface area contributed by atoms with Crippen LogP contribution >= 0.6 is 17.0 Å². The van der Waals surface area contributed by atoms with Crippen LogP contribution in [0.2, 0.25) is 12.6 Å². The first-order valence-corrected chi connectivity index (χ1v) is 41.0. The van der Waals surface area contributed by atoms with Crippen LogP contribution < -0.4 is 0 Å². The molecular weight excluding hydrogens is 887 g/mol. The van der Waals surface area contributed by atoms with Crippen LogP contribution in [-0.4, -0.2) is 5.92 Å². The van der Waals surface area contributed by atoms with Gasteiger partial charge in [-0.05, 0) is 0 Å². The van der Waals surface area contributed by atoms with Gasteiger partial charge in [-0.15, -0.1) is 0 Å². The van der Waals surface area contributed by atoms with Gasteiger partial charge in [0, 0.05) is 0 Å². The zero-order valence-electron chi connectivity index (χ0n) is 39.7. The summed E-state index contributed by atoms with van der Waals surface area (Å²) in [6.45, 7) is 18.9. The van der Waals surface area contributed by atoms with E-state index in [2.05, 4.69) is 152 Å². The van der Waals surface area contributed by atoms with Crippen molar-refractivity contribution in [2.75, 3.05) is 0 Å². The average molecular weight is 964 g/mol. The summed E-state index contributed by atoms with van der Waals surface area (Å²) in [7, 11) is 18.8. The summed E-state index contributed by atoms with van der Waals surface area (Å²) in [5.74, 6) is -0.352. The maximum absolute atomic E-state index is 9.38. The van der Waals surface area contributed by atoms with Gasteiger partial charge in [-0.3, -0.25) is 0 Å². The molecule has 4 aromatic rings. The molecular formula is C58H77Cl2SiZr. The van der Waals surface area contributed by atoms with Crippen molar-refractivity contribution in [2.24, 2.45) is 11.8 Å². The van der Waals surface area contributed by atoms with Crippen molar-refractivity contribution in [3.8, 4) is 22.3 Å². The quantitative estimate of drug-likeness (QED) is 0.104. The molecule has 0 nitrogen and oxygen atoms in total. The first kappa shape index (κ1) is 46.6. The molecule has 0 spiro atoms. The van der Waals surface area contributed by atoms with E-state index in [4.69, 9.17) is 0 Å². The third-order valence-electron chi connectivity index (χ3n) is 16.2. The van der Waals surface area contributed by atoms with Gasteiger partial charge >= 0.3 is 390 Å². The number of halogens is 2. The molecule has 4 heteroatoms.